The predicted molar refractivity (Wildman–Crippen MR) is 106 cm³/mol. The van der Waals surface area contributed by atoms with Gasteiger partial charge in [0.2, 0.25) is 15.9 Å². The Morgan fingerprint density at radius 3 is 2.63 bits per heavy atom. The first-order valence-electron chi connectivity index (χ1n) is 9.79. The van der Waals surface area contributed by atoms with Gasteiger partial charge in [0, 0.05) is 32.6 Å². The zero-order valence-electron chi connectivity index (χ0n) is 16.5. The number of benzene rings is 1. The van der Waals surface area contributed by atoms with E-state index in [0.29, 0.717) is 31.0 Å². The number of sulfonamides is 1. The van der Waals surface area contributed by atoms with Crippen LogP contribution in [-0.2, 0) is 27.7 Å². The third kappa shape index (κ3) is 4.70. The Bertz CT molecular complexity index is 805. The van der Waals surface area contributed by atoms with Crippen molar-refractivity contribution in [1.82, 2.24) is 14.9 Å². The molecule has 1 saturated heterocycles. The summed E-state index contributed by atoms with van der Waals surface area (Å²) in [6, 6.07) is 5.49. The molecule has 150 valence electrons. The Morgan fingerprint density at radius 2 is 1.96 bits per heavy atom. The molecule has 0 aliphatic carbocycles. The molecule has 1 aromatic carbocycles. The molecule has 1 atom stereocenters. The van der Waals surface area contributed by atoms with Crippen LogP contribution in [0.25, 0.3) is 0 Å². The SMILES string of the molecule is CC(=O)N1CCc2ccc(S(=O)(=O)NCC3NCCCC3(C)C)cc2CC1. The van der Waals surface area contributed by atoms with Crippen molar-refractivity contribution in [2.45, 2.75) is 57.4 Å². The van der Waals surface area contributed by atoms with Gasteiger partial charge in [0.05, 0.1) is 4.90 Å². The maximum absolute atomic E-state index is 12.8. The molecule has 7 heteroatoms. The zero-order chi connectivity index (χ0) is 19.7. The second-order valence-corrected chi connectivity index (χ2v) is 10.2. The van der Waals surface area contributed by atoms with Gasteiger partial charge in [-0.25, -0.2) is 13.1 Å². The molecule has 2 aliphatic heterocycles. The topological polar surface area (TPSA) is 78.5 Å². The van der Waals surface area contributed by atoms with Crippen molar-refractivity contribution in [3.05, 3.63) is 29.3 Å². The van der Waals surface area contributed by atoms with Gasteiger partial charge in [0.1, 0.15) is 0 Å². The first-order chi connectivity index (χ1) is 12.7. The lowest BCUT2D eigenvalue weighted by Gasteiger charge is -2.39. The average molecular weight is 394 g/mol. The van der Waals surface area contributed by atoms with E-state index < -0.39 is 10.0 Å². The molecule has 0 aromatic heterocycles. The monoisotopic (exact) mass is 393 g/mol. The van der Waals surface area contributed by atoms with E-state index in [9.17, 15) is 13.2 Å². The van der Waals surface area contributed by atoms with E-state index in [1.807, 2.05) is 11.0 Å². The molecule has 2 N–H and O–H groups in total. The predicted octanol–water partition coefficient (Wildman–Crippen LogP) is 1.69. The van der Waals surface area contributed by atoms with Crippen LogP contribution in [0.2, 0.25) is 0 Å². The van der Waals surface area contributed by atoms with Crippen LogP contribution < -0.4 is 10.0 Å². The van der Waals surface area contributed by atoms with E-state index in [4.69, 9.17) is 0 Å². The lowest BCUT2D eigenvalue weighted by Crippen LogP contribution is -2.52. The molecular weight excluding hydrogens is 362 g/mol. The van der Waals surface area contributed by atoms with Gasteiger partial charge in [0.25, 0.3) is 0 Å². The number of carbonyl (C=O) groups excluding carboxylic acids is 1. The van der Waals surface area contributed by atoms with Gasteiger partial charge in [-0.2, -0.15) is 0 Å². The number of rotatable bonds is 4. The van der Waals surface area contributed by atoms with Crippen molar-refractivity contribution in [1.29, 1.82) is 0 Å². The Hall–Kier alpha value is -1.44. The van der Waals surface area contributed by atoms with Gasteiger partial charge in [-0.3, -0.25) is 4.79 Å². The first kappa shape index (κ1) is 20.3. The fourth-order valence-corrected chi connectivity index (χ4v) is 5.18. The standard InChI is InChI=1S/C20H31N3O3S/c1-15(24)23-11-7-16-5-6-18(13-17(16)8-12-23)27(25,26)22-14-19-20(2,3)9-4-10-21-19/h5-6,13,19,21-22H,4,7-12,14H2,1-3H3. The minimum Gasteiger partial charge on any atom is -0.342 e. The average Bonchev–Trinajstić information content (AvgIpc) is 2.82. The van der Waals surface area contributed by atoms with Gasteiger partial charge in [0.15, 0.2) is 0 Å². The molecule has 27 heavy (non-hydrogen) atoms. The summed E-state index contributed by atoms with van der Waals surface area (Å²) in [6.45, 7) is 8.60. The second kappa shape index (κ2) is 7.89. The van der Waals surface area contributed by atoms with Crippen LogP contribution in [-0.4, -0.2) is 51.4 Å². The third-order valence-corrected chi connectivity index (χ3v) is 7.47. The normalized spacial score (nSPS) is 22.8. The van der Waals surface area contributed by atoms with Crippen molar-refractivity contribution in [3.63, 3.8) is 0 Å². The third-order valence-electron chi connectivity index (χ3n) is 6.04. The zero-order valence-corrected chi connectivity index (χ0v) is 17.4. The molecular formula is C20H31N3O3S. The van der Waals surface area contributed by atoms with Crippen molar-refractivity contribution >= 4 is 15.9 Å². The Kier molecular flexibility index (Phi) is 5.93. The number of amides is 1. The number of piperidine rings is 1. The van der Waals surface area contributed by atoms with Gasteiger partial charge < -0.3 is 10.2 Å². The lowest BCUT2D eigenvalue weighted by atomic mass is 9.78. The molecule has 3 rings (SSSR count). The highest BCUT2D eigenvalue weighted by Gasteiger charge is 2.32. The Morgan fingerprint density at radius 1 is 1.26 bits per heavy atom. The summed E-state index contributed by atoms with van der Waals surface area (Å²) >= 11 is 0. The molecule has 0 spiro atoms. The molecule has 0 radical (unpaired) electrons. The summed E-state index contributed by atoms with van der Waals surface area (Å²) < 4.78 is 28.4. The van der Waals surface area contributed by atoms with Crippen LogP contribution in [0, 0.1) is 5.41 Å². The van der Waals surface area contributed by atoms with E-state index in [1.165, 1.54) is 0 Å². The van der Waals surface area contributed by atoms with Crippen LogP contribution in [0.1, 0.15) is 44.7 Å². The smallest absolute Gasteiger partial charge is 0.240 e. The minimum atomic E-state index is -3.56. The maximum Gasteiger partial charge on any atom is 0.240 e. The van der Waals surface area contributed by atoms with Gasteiger partial charge in [-0.05, 0) is 60.9 Å². The van der Waals surface area contributed by atoms with Gasteiger partial charge >= 0.3 is 0 Å². The van der Waals surface area contributed by atoms with E-state index in [2.05, 4.69) is 23.9 Å². The van der Waals surface area contributed by atoms with E-state index in [0.717, 1.165) is 36.9 Å². The fraction of sp³-hybridized carbons (Fsp3) is 0.650. The summed E-state index contributed by atoms with van der Waals surface area (Å²) in [6.07, 6.45) is 3.68. The van der Waals surface area contributed by atoms with E-state index in [-0.39, 0.29) is 17.4 Å². The highest BCUT2D eigenvalue weighted by atomic mass is 32.2. The van der Waals surface area contributed by atoms with Crippen LogP contribution >= 0.6 is 0 Å². The number of hydrogen-bond donors (Lipinski definition) is 2. The summed E-state index contributed by atoms with van der Waals surface area (Å²) in [5.74, 6) is 0.0694. The fourth-order valence-electron chi connectivity index (χ4n) is 4.08. The maximum atomic E-state index is 12.8. The molecule has 0 saturated carbocycles. The Labute approximate surface area is 162 Å². The summed E-state index contributed by atoms with van der Waals surface area (Å²) in [4.78, 5) is 13.8. The molecule has 1 unspecified atom stereocenters. The van der Waals surface area contributed by atoms with Crippen molar-refractivity contribution < 1.29 is 13.2 Å². The Balaban J connectivity index is 1.71. The van der Waals surface area contributed by atoms with E-state index >= 15 is 0 Å². The first-order valence-corrected chi connectivity index (χ1v) is 11.3. The quantitative estimate of drug-likeness (QED) is 0.816. The lowest BCUT2D eigenvalue weighted by molar-refractivity contribution is -0.128. The van der Waals surface area contributed by atoms with Crippen LogP contribution in [0.5, 0.6) is 0 Å². The van der Waals surface area contributed by atoms with Crippen molar-refractivity contribution in [2.24, 2.45) is 5.41 Å². The molecule has 0 bridgehead atoms. The highest BCUT2D eigenvalue weighted by molar-refractivity contribution is 7.89. The largest absolute Gasteiger partial charge is 0.342 e. The number of fused-ring (bicyclic) bond motifs is 1. The number of hydrogen-bond acceptors (Lipinski definition) is 4. The number of carbonyl (C=O) groups is 1. The number of nitrogens with one attached hydrogen (secondary N) is 2. The van der Waals surface area contributed by atoms with Crippen molar-refractivity contribution in [3.8, 4) is 0 Å². The number of nitrogens with zero attached hydrogens (tertiary/aromatic N) is 1. The van der Waals surface area contributed by atoms with Crippen LogP contribution in [0.3, 0.4) is 0 Å². The van der Waals surface area contributed by atoms with E-state index in [1.54, 1.807) is 19.1 Å². The summed E-state index contributed by atoms with van der Waals surface area (Å²) in [5, 5.41) is 3.44. The molecule has 1 fully saturated rings. The molecule has 1 amide bonds. The molecule has 1 aromatic rings. The molecule has 2 aliphatic rings. The van der Waals surface area contributed by atoms with Crippen LogP contribution in [0.4, 0.5) is 0 Å². The summed E-state index contributed by atoms with van der Waals surface area (Å²) in [7, 11) is -3.56. The van der Waals surface area contributed by atoms with Crippen LogP contribution in [0.15, 0.2) is 23.1 Å². The van der Waals surface area contributed by atoms with Gasteiger partial charge in [-0.15, -0.1) is 0 Å². The van der Waals surface area contributed by atoms with Crippen molar-refractivity contribution in [2.75, 3.05) is 26.2 Å². The second-order valence-electron chi connectivity index (χ2n) is 8.39. The minimum absolute atomic E-state index is 0.0694. The summed E-state index contributed by atoms with van der Waals surface area (Å²) in [5.41, 5.74) is 2.23. The molecule has 2 heterocycles. The van der Waals surface area contributed by atoms with Gasteiger partial charge in [-0.1, -0.05) is 19.9 Å². The highest BCUT2D eigenvalue weighted by Crippen LogP contribution is 2.30. The molecule has 6 nitrogen and oxygen atoms in total.